The molecule has 1 aromatic heterocycles. The number of nitrogens with zero attached hydrogens (tertiary/aromatic N) is 2. The van der Waals surface area contributed by atoms with Crippen LogP contribution in [0.1, 0.15) is 25.3 Å². The Bertz CT molecular complexity index is 601. The van der Waals surface area contributed by atoms with E-state index in [9.17, 15) is 0 Å². The third-order valence-corrected chi connectivity index (χ3v) is 4.86. The van der Waals surface area contributed by atoms with Gasteiger partial charge < -0.3 is 5.32 Å². The molecule has 1 aliphatic carbocycles. The summed E-state index contributed by atoms with van der Waals surface area (Å²) >= 11 is 3.72. The molecule has 0 radical (unpaired) electrons. The van der Waals surface area contributed by atoms with E-state index in [4.69, 9.17) is 5.10 Å². The standard InChI is InChI=1S/C15H16BrN3/c16-13-14(11-4-2-1-3-5-11)18-19-12(10-6-7-10)8-9-17-15(13)19/h1-5,10,12,17H,6-9H2. The highest BCUT2D eigenvalue weighted by Gasteiger charge is 2.37. The van der Waals surface area contributed by atoms with Crippen LogP contribution in [0.25, 0.3) is 11.3 Å². The van der Waals surface area contributed by atoms with Crippen molar-refractivity contribution in [3.63, 3.8) is 0 Å². The van der Waals surface area contributed by atoms with Crippen molar-refractivity contribution in [1.82, 2.24) is 9.78 Å². The van der Waals surface area contributed by atoms with Crippen LogP contribution in [0.15, 0.2) is 34.8 Å². The van der Waals surface area contributed by atoms with Gasteiger partial charge in [-0.25, -0.2) is 4.68 Å². The Balaban J connectivity index is 1.82. The van der Waals surface area contributed by atoms with E-state index in [1.807, 2.05) is 6.07 Å². The third-order valence-electron chi connectivity index (χ3n) is 4.11. The van der Waals surface area contributed by atoms with Gasteiger partial charge >= 0.3 is 0 Å². The lowest BCUT2D eigenvalue weighted by molar-refractivity contribution is 0.376. The minimum Gasteiger partial charge on any atom is -0.369 e. The van der Waals surface area contributed by atoms with Gasteiger partial charge in [-0.1, -0.05) is 30.3 Å². The van der Waals surface area contributed by atoms with Crippen LogP contribution < -0.4 is 5.32 Å². The minimum absolute atomic E-state index is 0.588. The molecule has 1 aromatic carbocycles. The Hall–Kier alpha value is -1.29. The Labute approximate surface area is 121 Å². The monoisotopic (exact) mass is 317 g/mol. The van der Waals surface area contributed by atoms with Crippen molar-refractivity contribution >= 4 is 21.7 Å². The van der Waals surface area contributed by atoms with Crippen LogP contribution in [0.3, 0.4) is 0 Å². The molecule has 0 amide bonds. The van der Waals surface area contributed by atoms with Gasteiger partial charge in [-0.15, -0.1) is 0 Å². The molecule has 1 atom stereocenters. The highest BCUT2D eigenvalue weighted by atomic mass is 79.9. The average Bonchev–Trinajstić information content (AvgIpc) is 3.24. The van der Waals surface area contributed by atoms with Crippen LogP contribution in [0.2, 0.25) is 0 Å². The third kappa shape index (κ3) is 1.89. The van der Waals surface area contributed by atoms with Gasteiger partial charge in [-0.05, 0) is 41.1 Å². The van der Waals surface area contributed by atoms with E-state index in [1.165, 1.54) is 24.8 Å². The number of rotatable bonds is 2. The lowest BCUT2D eigenvalue weighted by Gasteiger charge is -2.25. The number of benzene rings is 1. The molecule has 1 aliphatic heterocycles. The van der Waals surface area contributed by atoms with Crippen LogP contribution >= 0.6 is 15.9 Å². The van der Waals surface area contributed by atoms with Crippen LogP contribution in [-0.4, -0.2) is 16.3 Å². The van der Waals surface area contributed by atoms with Gasteiger partial charge in [0.1, 0.15) is 11.5 Å². The molecule has 4 heteroatoms. The zero-order valence-electron chi connectivity index (χ0n) is 10.6. The molecule has 1 unspecified atom stereocenters. The molecular formula is C15H16BrN3. The van der Waals surface area contributed by atoms with Gasteiger partial charge in [0.05, 0.1) is 10.5 Å². The van der Waals surface area contributed by atoms with E-state index in [-0.39, 0.29) is 0 Å². The lowest BCUT2D eigenvalue weighted by Crippen LogP contribution is -2.24. The topological polar surface area (TPSA) is 29.9 Å². The zero-order chi connectivity index (χ0) is 12.8. The average molecular weight is 318 g/mol. The second-order valence-corrected chi connectivity index (χ2v) is 6.24. The fourth-order valence-electron chi connectivity index (χ4n) is 2.97. The van der Waals surface area contributed by atoms with Gasteiger partial charge in [0.15, 0.2) is 0 Å². The van der Waals surface area contributed by atoms with Crippen molar-refractivity contribution in [3.8, 4) is 11.3 Å². The van der Waals surface area contributed by atoms with E-state index in [0.29, 0.717) is 6.04 Å². The minimum atomic E-state index is 0.588. The van der Waals surface area contributed by atoms with Gasteiger partial charge in [-0.2, -0.15) is 5.10 Å². The summed E-state index contributed by atoms with van der Waals surface area (Å²) in [6.07, 6.45) is 3.92. The van der Waals surface area contributed by atoms with E-state index < -0.39 is 0 Å². The number of fused-ring (bicyclic) bond motifs is 1. The molecular weight excluding hydrogens is 302 g/mol. The van der Waals surface area contributed by atoms with E-state index in [2.05, 4.69) is 50.2 Å². The first-order chi connectivity index (χ1) is 9.34. The molecule has 4 rings (SSSR count). The van der Waals surface area contributed by atoms with Crippen molar-refractivity contribution in [2.45, 2.75) is 25.3 Å². The summed E-state index contributed by atoms with van der Waals surface area (Å²) in [7, 11) is 0. The quantitative estimate of drug-likeness (QED) is 0.904. The Kier molecular flexibility index (Phi) is 2.65. The summed E-state index contributed by atoms with van der Waals surface area (Å²) < 4.78 is 3.32. The predicted octanol–water partition coefficient (Wildman–Crippen LogP) is 4.08. The molecule has 19 heavy (non-hydrogen) atoms. The van der Waals surface area contributed by atoms with E-state index >= 15 is 0 Å². The largest absolute Gasteiger partial charge is 0.369 e. The summed E-state index contributed by atoms with van der Waals surface area (Å²) in [6, 6.07) is 11.0. The maximum Gasteiger partial charge on any atom is 0.139 e. The van der Waals surface area contributed by atoms with Crippen LogP contribution in [0.4, 0.5) is 5.82 Å². The first-order valence-corrected chi connectivity index (χ1v) is 7.71. The smallest absolute Gasteiger partial charge is 0.139 e. The number of hydrogen-bond acceptors (Lipinski definition) is 2. The summed E-state index contributed by atoms with van der Waals surface area (Å²) in [5.41, 5.74) is 2.23. The Morgan fingerprint density at radius 3 is 2.68 bits per heavy atom. The maximum atomic E-state index is 4.87. The molecule has 1 saturated carbocycles. The molecule has 98 valence electrons. The van der Waals surface area contributed by atoms with Crippen molar-refractivity contribution < 1.29 is 0 Å². The van der Waals surface area contributed by atoms with Gasteiger partial charge in [-0.3, -0.25) is 0 Å². The molecule has 0 spiro atoms. The van der Waals surface area contributed by atoms with Gasteiger partial charge in [0, 0.05) is 12.1 Å². The first kappa shape index (κ1) is 11.5. The van der Waals surface area contributed by atoms with Crippen molar-refractivity contribution in [2.75, 3.05) is 11.9 Å². The van der Waals surface area contributed by atoms with E-state index in [0.717, 1.165) is 28.4 Å². The molecule has 1 fully saturated rings. The van der Waals surface area contributed by atoms with Crippen LogP contribution in [0, 0.1) is 5.92 Å². The van der Waals surface area contributed by atoms with Gasteiger partial charge in [0.25, 0.3) is 0 Å². The number of halogens is 1. The number of nitrogens with one attached hydrogen (secondary N) is 1. The number of aromatic nitrogens is 2. The first-order valence-electron chi connectivity index (χ1n) is 6.92. The fourth-order valence-corrected chi connectivity index (χ4v) is 3.60. The molecule has 2 aliphatic rings. The lowest BCUT2D eigenvalue weighted by atomic mass is 10.1. The van der Waals surface area contributed by atoms with Crippen molar-refractivity contribution in [3.05, 3.63) is 34.8 Å². The summed E-state index contributed by atoms with van der Waals surface area (Å²) in [6.45, 7) is 1.06. The van der Waals surface area contributed by atoms with E-state index in [1.54, 1.807) is 0 Å². The summed E-state index contributed by atoms with van der Waals surface area (Å²) in [5, 5.41) is 8.36. The summed E-state index contributed by atoms with van der Waals surface area (Å²) in [4.78, 5) is 0. The van der Waals surface area contributed by atoms with Crippen LogP contribution in [0.5, 0.6) is 0 Å². The number of anilines is 1. The highest BCUT2D eigenvalue weighted by molar-refractivity contribution is 9.10. The normalized spacial score (nSPS) is 21.8. The Morgan fingerprint density at radius 2 is 1.95 bits per heavy atom. The SMILES string of the molecule is Brc1c(-c2ccccc2)nn2c1NCCC2C1CC1. The highest BCUT2D eigenvalue weighted by Crippen LogP contribution is 2.46. The second kappa shape index (κ2) is 4.37. The molecule has 0 saturated heterocycles. The maximum absolute atomic E-state index is 4.87. The summed E-state index contributed by atoms with van der Waals surface area (Å²) in [5.74, 6) is 2.00. The number of hydrogen-bond donors (Lipinski definition) is 1. The Morgan fingerprint density at radius 1 is 1.16 bits per heavy atom. The van der Waals surface area contributed by atoms with Gasteiger partial charge in [0.2, 0.25) is 0 Å². The predicted molar refractivity (Wildman–Crippen MR) is 80.2 cm³/mol. The molecule has 1 N–H and O–H groups in total. The van der Waals surface area contributed by atoms with Crippen molar-refractivity contribution in [1.29, 1.82) is 0 Å². The fraction of sp³-hybridized carbons (Fsp3) is 0.400. The molecule has 0 bridgehead atoms. The molecule has 3 nitrogen and oxygen atoms in total. The zero-order valence-corrected chi connectivity index (χ0v) is 12.2. The van der Waals surface area contributed by atoms with Crippen LogP contribution in [-0.2, 0) is 0 Å². The molecule has 2 aromatic rings. The second-order valence-electron chi connectivity index (χ2n) is 5.44. The van der Waals surface area contributed by atoms with Crippen molar-refractivity contribution in [2.24, 2.45) is 5.92 Å². The molecule has 2 heterocycles.